The molecule has 4 nitrogen and oxygen atoms in total. The number of unbranched alkanes of at least 4 members (excludes halogenated alkanes) is 3. The van der Waals surface area contributed by atoms with Crippen molar-refractivity contribution >= 4 is 11.9 Å². The summed E-state index contributed by atoms with van der Waals surface area (Å²) in [7, 11) is 0. The summed E-state index contributed by atoms with van der Waals surface area (Å²) in [6.07, 6.45) is 6.09. The van der Waals surface area contributed by atoms with Crippen molar-refractivity contribution in [3.8, 4) is 0 Å². The van der Waals surface area contributed by atoms with Crippen molar-refractivity contribution in [1.82, 2.24) is 0 Å². The summed E-state index contributed by atoms with van der Waals surface area (Å²) < 4.78 is 0. The molecule has 118 valence electrons. The van der Waals surface area contributed by atoms with Crippen LogP contribution < -0.4 is 0 Å². The predicted molar refractivity (Wildman–Crippen MR) is 79.7 cm³/mol. The zero-order chi connectivity index (χ0) is 15.8. The third kappa shape index (κ3) is 8.94. The van der Waals surface area contributed by atoms with Gasteiger partial charge in [0, 0.05) is 6.42 Å². The van der Waals surface area contributed by atoms with Gasteiger partial charge in [-0.05, 0) is 30.6 Å². The van der Waals surface area contributed by atoms with Gasteiger partial charge >= 0.3 is 11.9 Å². The lowest BCUT2D eigenvalue weighted by Gasteiger charge is -2.29. The van der Waals surface area contributed by atoms with Gasteiger partial charge in [0.05, 0.1) is 5.92 Å². The Morgan fingerprint density at radius 3 is 2.05 bits per heavy atom. The number of hydrogen-bond donors (Lipinski definition) is 2. The molecule has 0 rings (SSSR count). The first-order valence-electron chi connectivity index (χ1n) is 7.60. The van der Waals surface area contributed by atoms with E-state index in [0.717, 1.165) is 38.5 Å². The molecule has 0 aromatic rings. The summed E-state index contributed by atoms with van der Waals surface area (Å²) in [6, 6.07) is 0. The molecule has 0 bridgehead atoms. The van der Waals surface area contributed by atoms with Crippen molar-refractivity contribution in [2.24, 2.45) is 17.3 Å². The topological polar surface area (TPSA) is 74.6 Å². The zero-order valence-electron chi connectivity index (χ0n) is 13.3. The predicted octanol–water partition coefficient (Wildman–Crippen LogP) is 4.18. The molecule has 0 saturated carbocycles. The summed E-state index contributed by atoms with van der Waals surface area (Å²) in [5.74, 6) is -1.57. The Hall–Kier alpha value is -1.06. The molecule has 4 heteroatoms. The molecule has 20 heavy (non-hydrogen) atoms. The molecule has 0 aliphatic carbocycles. The standard InChI is InChI=1S/C16H30O4/c1-12(13(2)15(19)20)11-16(3,4)10-8-6-5-7-9-14(17)18/h12-13H,5-11H2,1-4H3,(H,17,18)(H,19,20). The molecule has 0 saturated heterocycles. The first-order chi connectivity index (χ1) is 9.15. The van der Waals surface area contributed by atoms with Crippen molar-refractivity contribution in [1.29, 1.82) is 0 Å². The number of rotatable bonds is 11. The lowest BCUT2D eigenvalue weighted by molar-refractivity contribution is -0.143. The fourth-order valence-electron chi connectivity index (χ4n) is 2.63. The van der Waals surface area contributed by atoms with Gasteiger partial charge in [0.25, 0.3) is 0 Å². The smallest absolute Gasteiger partial charge is 0.306 e. The van der Waals surface area contributed by atoms with E-state index in [2.05, 4.69) is 13.8 Å². The van der Waals surface area contributed by atoms with Gasteiger partial charge in [-0.15, -0.1) is 0 Å². The van der Waals surface area contributed by atoms with E-state index in [4.69, 9.17) is 10.2 Å². The normalized spacial score (nSPS) is 14.8. The Kier molecular flexibility index (Phi) is 8.51. The molecule has 2 atom stereocenters. The third-order valence-electron chi connectivity index (χ3n) is 4.11. The quantitative estimate of drug-likeness (QED) is 0.559. The number of carboxylic acids is 2. The number of aliphatic carboxylic acids is 2. The second-order valence-corrected chi connectivity index (χ2v) is 6.78. The Morgan fingerprint density at radius 1 is 1.00 bits per heavy atom. The van der Waals surface area contributed by atoms with Crippen molar-refractivity contribution in [3.63, 3.8) is 0 Å². The van der Waals surface area contributed by atoms with Gasteiger partial charge in [-0.1, -0.05) is 47.0 Å². The van der Waals surface area contributed by atoms with Gasteiger partial charge in [-0.3, -0.25) is 9.59 Å². The molecule has 0 aliphatic heterocycles. The number of carbonyl (C=O) groups is 2. The van der Waals surface area contributed by atoms with E-state index < -0.39 is 11.9 Å². The van der Waals surface area contributed by atoms with Crippen LogP contribution in [0.5, 0.6) is 0 Å². The van der Waals surface area contributed by atoms with E-state index in [1.807, 2.05) is 6.92 Å². The summed E-state index contributed by atoms with van der Waals surface area (Å²) in [6.45, 7) is 8.16. The van der Waals surface area contributed by atoms with Crippen molar-refractivity contribution < 1.29 is 19.8 Å². The van der Waals surface area contributed by atoms with E-state index in [0.29, 0.717) is 0 Å². The van der Waals surface area contributed by atoms with E-state index in [-0.39, 0.29) is 23.7 Å². The first-order valence-corrected chi connectivity index (χ1v) is 7.60. The average Bonchev–Trinajstić information content (AvgIpc) is 2.31. The molecular weight excluding hydrogens is 256 g/mol. The van der Waals surface area contributed by atoms with Gasteiger partial charge in [0.1, 0.15) is 0 Å². The van der Waals surface area contributed by atoms with Gasteiger partial charge in [-0.2, -0.15) is 0 Å². The maximum Gasteiger partial charge on any atom is 0.306 e. The lowest BCUT2D eigenvalue weighted by atomic mass is 9.76. The molecule has 0 fully saturated rings. The Balaban J connectivity index is 3.89. The summed E-state index contributed by atoms with van der Waals surface area (Å²) in [5, 5.41) is 17.6. The molecule has 0 aromatic carbocycles. The molecule has 0 radical (unpaired) electrons. The third-order valence-corrected chi connectivity index (χ3v) is 4.11. The Morgan fingerprint density at radius 2 is 1.55 bits per heavy atom. The van der Waals surface area contributed by atoms with Crippen LogP contribution in [-0.2, 0) is 9.59 Å². The second-order valence-electron chi connectivity index (χ2n) is 6.78. The molecular formula is C16H30O4. The van der Waals surface area contributed by atoms with Crippen LogP contribution in [0.4, 0.5) is 0 Å². The molecule has 0 aromatic heterocycles. The van der Waals surface area contributed by atoms with Crippen LogP contribution in [0.2, 0.25) is 0 Å². The fraction of sp³-hybridized carbons (Fsp3) is 0.875. The van der Waals surface area contributed by atoms with Crippen LogP contribution in [-0.4, -0.2) is 22.2 Å². The van der Waals surface area contributed by atoms with Crippen molar-refractivity contribution in [2.45, 2.75) is 72.6 Å². The number of carboxylic acid groups (broad SMARTS) is 2. The summed E-state index contributed by atoms with van der Waals surface area (Å²) in [4.78, 5) is 21.3. The molecule has 0 heterocycles. The van der Waals surface area contributed by atoms with Crippen LogP contribution in [0.3, 0.4) is 0 Å². The highest BCUT2D eigenvalue weighted by Crippen LogP contribution is 2.34. The summed E-state index contributed by atoms with van der Waals surface area (Å²) >= 11 is 0. The highest BCUT2D eigenvalue weighted by molar-refractivity contribution is 5.69. The Labute approximate surface area is 122 Å². The SMILES string of the molecule is CC(CC(C)(C)CCCCCCC(=O)O)C(C)C(=O)O. The largest absolute Gasteiger partial charge is 0.481 e. The maximum atomic E-state index is 11.0. The van der Waals surface area contributed by atoms with Gasteiger partial charge in [-0.25, -0.2) is 0 Å². The average molecular weight is 286 g/mol. The van der Waals surface area contributed by atoms with Crippen LogP contribution in [0.15, 0.2) is 0 Å². The Bertz CT molecular complexity index is 310. The van der Waals surface area contributed by atoms with Crippen molar-refractivity contribution in [3.05, 3.63) is 0 Å². The van der Waals surface area contributed by atoms with E-state index >= 15 is 0 Å². The van der Waals surface area contributed by atoms with E-state index in [9.17, 15) is 9.59 Å². The molecule has 2 N–H and O–H groups in total. The van der Waals surface area contributed by atoms with Crippen molar-refractivity contribution in [2.75, 3.05) is 0 Å². The van der Waals surface area contributed by atoms with Crippen LogP contribution in [0.1, 0.15) is 72.6 Å². The molecule has 0 amide bonds. The lowest BCUT2D eigenvalue weighted by Crippen LogP contribution is -2.24. The van der Waals surface area contributed by atoms with E-state index in [1.165, 1.54) is 0 Å². The molecule has 0 aliphatic rings. The van der Waals surface area contributed by atoms with Crippen LogP contribution in [0, 0.1) is 17.3 Å². The minimum absolute atomic E-state index is 0.149. The molecule has 2 unspecified atom stereocenters. The van der Waals surface area contributed by atoms with Gasteiger partial charge < -0.3 is 10.2 Å². The summed E-state index contributed by atoms with van der Waals surface area (Å²) in [5.41, 5.74) is 0.149. The highest BCUT2D eigenvalue weighted by atomic mass is 16.4. The monoisotopic (exact) mass is 286 g/mol. The maximum absolute atomic E-state index is 11.0. The minimum Gasteiger partial charge on any atom is -0.481 e. The van der Waals surface area contributed by atoms with Crippen LogP contribution >= 0.6 is 0 Å². The van der Waals surface area contributed by atoms with E-state index in [1.54, 1.807) is 6.92 Å². The van der Waals surface area contributed by atoms with Gasteiger partial charge in [0.2, 0.25) is 0 Å². The minimum atomic E-state index is -0.721. The first kappa shape index (κ1) is 18.9. The highest BCUT2D eigenvalue weighted by Gasteiger charge is 2.26. The fourth-order valence-corrected chi connectivity index (χ4v) is 2.63. The zero-order valence-corrected chi connectivity index (χ0v) is 13.3. The number of hydrogen-bond acceptors (Lipinski definition) is 2. The molecule has 0 spiro atoms. The van der Waals surface area contributed by atoms with Crippen LogP contribution in [0.25, 0.3) is 0 Å². The van der Waals surface area contributed by atoms with Gasteiger partial charge in [0.15, 0.2) is 0 Å². The second kappa shape index (κ2) is 8.98.